The van der Waals surface area contributed by atoms with E-state index in [-0.39, 0.29) is 11.3 Å². The van der Waals surface area contributed by atoms with E-state index in [1.165, 1.54) is 24.3 Å². The number of carbonyl (C=O) groups is 1. The van der Waals surface area contributed by atoms with Crippen molar-refractivity contribution in [2.75, 3.05) is 5.12 Å². The van der Waals surface area contributed by atoms with E-state index in [1.54, 1.807) is 53.6 Å². The summed E-state index contributed by atoms with van der Waals surface area (Å²) >= 11 is 0. The molecule has 6 heteroatoms. The minimum Gasteiger partial charge on any atom is -0.289 e. The summed E-state index contributed by atoms with van der Waals surface area (Å²) < 4.78 is 1.55. The van der Waals surface area contributed by atoms with E-state index in [0.717, 1.165) is 5.56 Å². The molecule has 0 saturated heterocycles. The Hall–Kier alpha value is -3.28. The maximum absolute atomic E-state index is 12.0. The number of para-hydroxylation sites is 1. The lowest BCUT2D eigenvalue weighted by Crippen LogP contribution is -2.34. The summed E-state index contributed by atoms with van der Waals surface area (Å²) in [4.78, 5) is 27.9. The van der Waals surface area contributed by atoms with E-state index >= 15 is 0 Å². The van der Waals surface area contributed by atoms with Crippen molar-refractivity contribution in [1.82, 2.24) is 9.66 Å². The molecule has 0 saturated carbocycles. The molecule has 0 aliphatic heterocycles. The van der Waals surface area contributed by atoms with Crippen LogP contribution >= 0.6 is 0 Å². The van der Waals surface area contributed by atoms with Crippen molar-refractivity contribution < 1.29 is 4.79 Å². The number of amides is 1. The highest BCUT2D eigenvalue weighted by Gasteiger charge is 2.12. The predicted molar refractivity (Wildman–Crippen MR) is 88.9 cm³/mol. The maximum atomic E-state index is 12.0. The van der Waals surface area contributed by atoms with Crippen LogP contribution < -0.4 is 10.5 Å². The molecule has 6 nitrogen and oxygen atoms in total. The molecular weight excluding hydrogens is 292 g/mol. The van der Waals surface area contributed by atoms with Crippen molar-refractivity contribution in [3.8, 4) is 0 Å². The summed E-state index contributed by atoms with van der Waals surface area (Å²) in [6.45, 7) is 1.41. The molecule has 0 atom stereocenters. The normalized spacial score (nSPS) is 11.0. The summed E-state index contributed by atoms with van der Waals surface area (Å²) in [6, 6.07) is 12.1. The first-order chi connectivity index (χ1) is 11.2. The van der Waals surface area contributed by atoms with E-state index in [0.29, 0.717) is 10.9 Å². The lowest BCUT2D eigenvalue weighted by Gasteiger charge is -2.20. The van der Waals surface area contributed by atoms with Gasteiger partial charge in [0.2, 0.25) is 0 Å². The van der Waals surface area contributed by atoms with Crippen molar-refractivity contribution in [3.05, 3.63) is 76.8 Å². The van der Waals surface area contributed by atoms with Crippen LogP contribution in [0, 0.1) is 0 Å². The molecule has 114 valence electrons. The Balaban J connectivity index is 2.09. The molecule has 2 heterocycles. The third-order valence-electron chi connectivity index (χ3n) is 3.27. The molecular formula is C17H14N4O2. The Labute approximate surface area is 132 Å². The summed E-state index contributed by atoms with van der Waals surface area (Å²) in [5.74, 6) is -0.279. The van der Waals surface area contributed by atoms with Crippen LogP contribution in [0.3, 0.4) is 0 Å². The molecule has 0 N–H and O–H groups in total. The smallest absolute Gasteiger partial charge is 0.259 e. The van der Waals surface area contributed by atoms with E-state index < -0.39 is 0 Å². The van der Waals surface area contributed by atoms with Gasteiger partial charge < -0.3 is 0 Å². The molecule has 0 bridgehead atoms. The number of hydrazone groups is 1. The van der Waals surface area contributed by atoms with Crippen molar-refractivity contribution in [2.24, 2.45) is 5.10 Å². The van der Waals surface area contributed by atoms with Crippen molar-refractivity contribution in [3.63, 3.8) is 0 Å². The highest BCUT2D eigenvalue weighted by atomic mass is 16.2. The van der Waals surface area contributed by atoms with Gasteiger partial charge in [-0.1, -0.05) is 18.2 Å². The molecule has 3 aromatic rings. The standard InChI is InChI=1S/C17H14N4O2/c1-13(22)21(19-12-14-5-4-9-18-11-14)20-10-8-17(23)15-6-2-3-7-16(15)20/h2-12H,1H3. The molecule has 1 amide bonds. The number of nitrogens with zero attached hydrogens (tertiary/aromatic N) is 4. The molecule has 0 fully saturated rings. The number of rotatable bonds is 3. The highest BCUT2D eigenvalue weighted by Crippen LogP contribution is 2.10. The lowest BCUT2D eigenvalue weighted by molar-refractivity contribution is -0.118. The Bertz CT molecular complexity index is 932. The lowest BCUT2D eigenvalue weighted by atomic mass is 10.2. The van der Waals surface area contributed by atoms with Gasteiger partial charge in [0.05, 0.1) is 11.7 Å². The van der Waals surface area contributed by atoms with E-state index in [2.05, 4.69) is 10.1 Å². The third-order valence-corrected chi connectivity index (χ3v) is 3.27. The fourth-order valence-corrected chi connectivity index (χ4v) is 2.22. The zero-order chi connectivity index (χ0) is 16.2. The minimum absolute atomic E-state index is 0.100. The largest absolute Gasteiger partial charge is 0.289 e. The van der Waals surface area contributed by atoms with Gasteiger partial charge in [0.1, 0.15) is 0 Å². The predicted octanol–water partition coefficient (Wildman–Crippen LogP) is 1.92. The third kappa shape index (κ3) is 3.01. The first-order valence-corrected chi connectivity index (χ1v) is 7.02. The number of hydrogen-bond donors (Lipinski definition) is 0. The van der Waals surface area contributed by atoms with Crippen LogP contribution in [0.2, 0.25) is 0 Å². The maximum Gasteiger partial charge on any atom is 0.259 e. The second-order valence-corrected chi connectivity index (χ2v) is 4.88. The molecule has 23 heavy (non-hydrogen) atoms. The second-order valence-electron chi connectivity index (χ2n) is 4.88. The number of benzene rings is 1. The van der Waals surface area contributed by atoms with Gasteiger partial charge in [-0.3, -0.25) is 14.6 Å². The summed E-state index contributed by atoms with van der Waals surface area (Å²) in [6.07, 6.45) is 6.38. The Kier molecular flexibility index (Phi) is 3.97. The molecule has 1 aromatic carbocycles. The van der Waals surface area contributed by atoms with Gasteiger partial charge in [-0.15, -0.1) is 5.12 Å². The van der Waals surface area contributed by atoms with Gasteiger partial charge in [-0.2, -0.15) is 5.10 Å². The molecule has 0 unspecified atom stereocenters. The Morgan fingerprint density at radius 2 is 2.04 bits per heavy atom. The zero-order valence-electron chi connectivity index (χ0n) is 12.5. The Morgan fingerprint density at radius 1 is 1.22 bits per heavy atom. The van der Waals surface area contributed by atoms with Gasteiger partial charge >= 0.3 is 0 Å². The highest BCUT2D eigenvalue weighted by molar-refractivity contribution is 5.89. The van der Waals surface area contributed by atoms with Crippen LogP contribution in [0.15, 0.2) is 71.0 Å². The number of hydrogen-bond acceptors (Lipinski definition) is 4. The number of carbonyl (C=O) groups excluding carboxylic acids is 1. The van der Waals surface area contributed by atoms with E-state index in [9.17, 15) is 9.59 Å². The molecule has 2 aromatic heterocycles. The molecule has 0 radical (unpaired) electrons. The van der Waals surface area contributed by atoms with Gasteiger partial charge in [0.15, 0.2) is 5.43 Å². The van der Waals surface area contributed by atoms with Gasteiger partial charge in [0.25, 0.3) is 5.91 Å². The van der Waals surface area contributed by atoms with Gasteiger partial charge in [-0.25, -0.2) is 4.68 Å². The number of pyridine rings is 2. The topological polar surface area (TPSA) is 67.6 Å². The van der Waals surface area contributed by atoms with Crippen LogP contribution in [0.25, 0.3) is 10.9 Å². The quantitative estimate of drug-likeness (QED) is 0.548. The average molecular weight is 306 g/mol. The second kappa shape index (κ2) is 6.23. The van der Waals surface area contributed by atoms with Gasteiger partial charge in [0, 0.05) is 42.5 Å². The van der Waals surface area contributed by atoms with Crippen LogP contribution in [0.4, 0.5) is 0 Å². The molecule has 3 rings (SSSR count). The molecule has 0 spiro atoms. The van der Waals surface area contributed by atoms with Crippen LogP contribution in [-0.2, 0) is 4.79 Å². The van der Waals surface area contributed by atoms with E-state index in [1.807, 2.05) is 6.07 Å². The van der Waals surface area contributed by atoms with Crippen molar-refractivity contribution in [2.45, 2.75) is 6.92 Å². The first kappa shape index (κ1) is 14.6. The minimum atomic E-state index is -0.279. The molecule has 0 aliphatic rings. The van der Waals surface area contributed by atoms with Crippen LogP contribution in [0.5, 0.6) is 0 Å². The van der Waals surface area contributed by atoms with E-state index in [4.69, 9.17) is 0 Å². The first-order valence-electron chi connectivity index (χ1n) is 7.02. The summed E-state index contributed by atoms with van der Waals surface area (Å²) in [7, 11) is 0. The Morgan fingerprint density at radius 3 is 2.78 bits per heavy atom. The SMILES string of the molecule is CC(=O)N(N=Cc1cccnc1)n1ccc(=O)c2ccccc21. The summed E-state index contributed by atoms with van der Waals surface area (Å²) in [5, 5.41) is 5.95. The molecule has 0 aliphatic carbocycles. The zero-order valence-corrected chi connectivity index (χ0v) is 12.5. The van der Waals surface area contributed by atoms with Crippen LogP contribution in [-0.4, -0.2) is 21.8 Å². The fraction of sp³-hybridized carbons (Fsp3) is 0.0588. The average Bonchev–Trinajstić information content (AvgIpc) is 2.58. The van der Waals surface area contributed by atoms with Crippen LogP contribution in [0.1, 0.15) is 12.5 Å². The number of aromatic nitrogens is 2. The van der Waals surface area contributed by atoms with Crippen molar-refractivity contribution >= 4 is 23.0 Å². The monoisotopic (exact) mass is 306 g/mol. The van der Waals surface area contributed by atoms with Gasteiger partial charge in [-0.05, 0) is 18.2 Å². The fourth-order valence-electron chi connectivity index (χ4n) is 2.22. The number of fused-ring (bicyclic) bond motifs is 1. The van der Waals surface area contributed by atoms with Crippen molar-refractivity contribution in [1.29, 1.82) is 0 Å². The summed E-state index contributed by atoms with van der Waals surface area (Å²) in [5.41, 5.74) is 1.28.